The molecule has 11 nitrogen and oxygen atoms in total. The second kappa shape index (κ2) is 10.4. The summed E-state index contributed by atoms with van der Waals surface area (Å²) >= 11 is 0. The molecule has 1 aromatic carbocycles. The SMILES string of the molecule is NC(N)=Nc1ccc(CC[C@H](N[C@H]2CCCN3CCC[C@@H](C(=O)O)N3C2=O)C(=O)O)cc1. The molecule has 0 aromatic heterocycles. The Morgan fingerprint density at radius 1 is 1.12 bits per heavy atom. The number of aryl methyl sites for hydroxylation is 1. The van der Waals surface area contributed by atoms with Crippen LogP contribution in [-0.2, 0) is 20.8 Å². The van der Waals surface area contributed by atoms with Crippen LogP contribution in [0.25, 0.3) is 0 Å². The first-order valence-corrected chi connectivity index (χ1v) is 10.7. The number of nitrogens with one attached hydrogen (secondary N) is 1. The van der Waals surface area contributed by atoms with Crippen LogP contribution in [0.4, 0.5) is 5.69 Å². The first kappa shape index (κ1) is 23.5. The molecule has 32 heavy (non-hydrogen) atoms. The van der Waals surface area contributed by atoms with Crippen molar-refractivity contribution in [3.05, 3.63) is 29.8 Å². The van der Waals surface area contributed by atoms with E-state index in [2.05, 4.69) is 10.3 Å². The fourth-order valence-electron chi connectivity index (χ4n) is 4.27. The van der Waals surface area contributed by atoms with Crippen LogP contribution >= 0.6 is 0 Å². The molecule has 2 heterocycles. The number of hydrazine groups is 1. The Hall–Kier alpha value is -3.18. The third kappa shape index (κ3) is 5.74. The van der Waals surface area contributed by atoms with Gasteiger partial charge in [-0.25, -0.2) is 14.8 Å². The zero-order chi connectivity index (χ0) is 23.3. The van der Waals surface area contributed by atoms with E-state index < -0.39 is 30.1 Å². The number of benzene rings is 1. The van der Waals surface area contributed by atoms with Crippen LogP contribution in [0.3, 0.4) is 0 Å². The lowest BCUT2D eigenvalue weighted by Crippen LogP contribution is -2.61. The van der Waals surface area contributed by atoms with Crippen LogP contribution in [0.5, 0.6) is 0 Å². The number of guanidine groups is 1. The lowest BCUT2D eigenvalue weighted by molar-refractivity contribution is -0.174. The minimum Gasteiger partial charge on any atom is -0.480 e. The summed E-state index contributed by atoms with van der Waals surface area (Å²) in [6.45, 7) is 1.20. The number of aliphatic imine (C=N–C) groups is 1. The average molecular weight is 447 g/mol. The van der Waals surface area contributed by atoms with Crippen LogP contribution < -0.4 is 16.8 Å². The molecule has 2 saturated heterocycles. The fraction of sp³-hybridized carbons (Fsp3) is 0.524. The van der Waals surface area contributed by atoms with Crippen molar-refractivity contribution in [2.75, 3.05) is 13.1 Å². The van der Waals surface area contributed by atoms with Crippen molar-refractivity contribution in [2.45, 2.75) is 56.7 Å². The highest BCUT2D eigenvalue weighted by Crippen LogP contribution is 2.24. The van der Waals surface area contributed by atoms with Gasteiger partial charge in [-0.3, -0.25) is 19.9 Å². The highest BCUT2D eigenvalue weighted by Gasteiger charge is 2.42. The van der Waals surface area contributed by atoms with Crippen molar-refractivity contribution in [1.29, 1.82) is 0 Å². The molecule has 11 heteroatoms. The molecule has 0 saturated carbocycles. The van der Waals surface area contributed by atoms with Gasteiger partial charge in [-0.1, -0.05) is 12.1 Å². The zero-order valence-corrected chi connectivity index (χ0v) is 17.8. The predicted molar refractivity (Wildman–Crippen MR) is 117 cm³/mol. The molecule has 1 aromatic rings. The van der Waals surface area contributed by atoms with Crippen molar-refractivity contribution in [2.24, 2.45) is 16.5 Å². The normalized spacial score (nSPS) is 22.5. The number of aliphatic carboxylic acids is 2. The molecule has 3 atom stereocenters. The quantitative estimate of drug-likeness (QED) is 0.272. The highest BCUT2D eigenvalue weighted by molar-refractivity contribution is 5.87. The number of carboxylic acids is 2. The lowest BCUT2D eigenvalue weighted by atomic mass is 10.0. The number of carbonyl (C=O) groups is 3. The molecule has 1 amide bonds. The molecule has 7 N–H and O–H groups in total. The van der Waals surface area contributed by atoms with Crippen molar-refractivity contribution < 1.29 is 24.6 Å². The maximum Gasteiger partial charge on any atom is 0.328 e. The molecule has 2 fully saturated rings. The van der Waals surface area contributed by atoms with E-state index in [1.54, 1.807) is 17.1 Å². The molecular formula is C21H30N6O5. The topological polar surface area (TPSA) is 175 Å². The number of amides is 1. The molecule has 0 unspecified atom stereocenters. The van der Waals surface area contributed by atoms with Crippen LogP contribution in [0.1, 0.15) is 37.7 Å². The Morgan fingerprint density at radius 3 is 2.38 bits per heavy atom. The largest absolute Gasteiger partial charge is 0.480 e. The van der Waals surface area contributed by atoms with E-state index in [-0.39, 0.29) is 18.3 Å². The van der Waals surface area contributed by atoms with Crippen LogP contribution in [-0.4, -0.2) is 75.3 Å². The molecule has 3 rings (SSSR count). The third-order valence-corrected chi connectivity index (χ3v) is 5.83. The maximum absolute atomic E-state index is 13.2. The molecule has 0 radical (unpaired) electrons. The van der Waals surface area contributed by atoms with Crippen molar-refractivity contribution >= 4 is 29.5 Å². The van der Waals surface area contributed by atoms with Gasteiger partial charge in [0.1, 0.15) is 12.1 Å². The predicted octanol–water partition coefficient (Wildman–Crippen LogP) is 0.0219. The van der Waals surface area contributed by atoms with Gasteiger partial charge in [0, 0.05) is 13.1 Å². The van der Waals surface area contributed by atoms with E-state index >= 15 is 0 Å². The van der Waals surface area contributed by atoms with Crippen molar-refractivity contribution in [3.8, 4) is 0 Å². The monoisotopic (exact) mass is 446 g/mol. The lowest BCUT2D eigenvalue weighted by Gasteiger charge is -2.42. The maximum atomic E-state index is 13.2. The molecular weight excluding hydrogens is 416 g/mol. The number of fused-ring (bicyclic) bond motifs is 1. The molecule has 2 aliphatic heterocycles. The molecule has 0 spiro atoms. The van der Waals surface area contributed by atoms with E-state index in [0.717, 1.165) is 5.56 Å². The second-order valence-corrected chi connectivity index (χ2v) is 8.13. The van der Waals surface area contributed by atoms with Gasteiger partial charge in [0.05, 0.1) is 11.7 Å². The van der Waals surface area contributed by atoms with Gasteiger partial charge in [-0.05, 0) is 56.2 Å². The molecule has 2 aliphatic rings. The second-order valence-electron chi connectivity index (χ2n) is 8.13. The zero-order valence-electron chi connectivity index (χ0n) is 17.8. The van der Waals surface area contributed by atoms with Gasteiger partial charge in [-0.2, -0.15) is 0 Å². The van der Waals surface area contributed by atoms with Gasteiger partial charge in [0.15, 0.2) is 5.96 Å². The Labute approximate surface area is 186 Å². The van der Waals surface area contributed by atoms with E-state index in [0.29, 0.717) is 50.9 Å². The first-order valence-electron chi connectivity index (χ1n) is 10.7. The summed E-state index contributed by atoms with van der Waals surface area (Å²) < 4.78 is 0. The third-order valence-electron chi connectivity index (χ3n) is 5.83. The summed E-state index contributed by atoms with van der Waals surface area (Å²) in [6.07, 6.45) is 2.97. The summed E-state index contributed by atoms with van der Waals surface area (Å²) in [5, 5.41) is 25.4. The van der Waals surface area contributed by atoms with Gasteiger partial charge in [0.25, 0.3) is 5.91 Å². The van der Waals surface area contributed by atoms with Crippen LogP contribution in [0.15, 0.2) is 29.3 Å². The smallest absolute Gasteiger partial charge is 0.328 e. The highest BCUT2D eigenvalue weighted by atomic mass is 16.4. The molecule has 0 aliphatic carbocycles. The number of carboxylic acid groups (broad SMARTS) is 2. The summed E-state index contributed by atoms with van der Waals surface area (Å²) in [6, 6.07) is 4.52. The van der Waals surface area contributed by atoms with E-state index in [4.69, 9.17) is 11.5 Å². The number of carbonyl (C=O) groups excluding carboxylic acids is 1. The van der Waals surface area contributed by atoms with E-state index in [1.807, 2.05) is 12.1 Å². The van der Waals surface area contributed by atoms with Crippen LogP contribution in [0, 0.1) is 0 Å². The van der Waals surface area contributed by atoms with Crippen molar-refractivity contribution in [1.82, 2.24) is 15.3 Å². The minimum atomic E-state index is -1.05. The van der Waals surface area contributed by atoms with E-state index in [1.165, 1.54) is 5.01 Å². The number of hydrogen-bond donors (Lipinski definition) is 5. The number of hydrogen-bond acceptors (Lipinski definition) is 6. The molecule has 174 valence electrons. The summed E-state index contributed by atoms with van der Waals surface area (Å²) in [4.78, 5) is 40.7. The van der Waals surface area contributed by atoms with Gasteiger partial charge < -0.3 is 21.7 Å². The number of nitrogens with two attached hydrogens (primary N) is 2. The standard InChI is InChI=1S/C21H30N6O5/c22-21(23)24-14-8-5-13(6-9-14)7-10-16(19(29)30)25-15-3-1-11-26-12-2-4-17(20(31)32)27(26)18(15)28/h5-6,8-9,15-17,25H,1-4,7,10-12H2,(H,29,30)(H,31,32)(H4,22,23,24)/t15-,16-,17-/m0/s1. The van der Waals surface area contributed by atoms with Crippen molar-refractivity contribution in [3.63, 3.8) is 0 Å². The van der Waals surface area contributed by atoms with E-state index in [9.17, 15) is 24.6 Å². The Kier molecular flexibility index (Phi) is 7.65. The minimum absolute atomic E-state index is 0.0432. The number of nitrogens with zero attached hydrogens (tertiary/aromatic N) is 3. The fourth-order valence-corrected chi connectivity index (χ4v) is 4.27. The van der Waals surface area contributed by atoms with Gasteiger partial charge in [-0.15, -0.1) is 0 Å². The van der Waals surface area contributed by atoms with Crippen LogP contribution in [0.2, 0.25) is 0 Å². The summed E-state index contributed by atoms with van der Waals surface area (Å²) in [5.74, 6) is -2.51. The number of rotatable bonds is 8. The van der Waals surface area contributed by atoms with Gasteiger partial charge in [0.2, 0.25) is 0 Å². The summed E-state index contributed by atoms with van der Waals surface area (Å²) in [5.41, 5.74) is 12.2. The Balaban J connectivity index is 1.67. The molecule has 0 bridgehead atoms. The van der Waals surface area contributed by atoms with Gasteiger partial charge >= 0.3 is 11.9 Å². The Morgan fingerprint density at radius 2 is 1.78 bits per heavy atom. The first-order chi connectivity index (χ1) is 15.3. The average Bonchev–Trinajstić information content (AvgIpc) is 2.90. The summed E-state index contributed by atoms with van der Waals surface area (Å²) in [7, 11) is 0. The Bertz CT molecular complexity index is 870.